The number of para-hydroxylation sites is 1. The molecule has 0 aliphatic carbocycles. The third-order valence-corrected chi connectivity index (χ3v) is 3.25. The summed E-state index contributed by atoms with van der Waals surface area (Å²) in [6.45, 7) is 11.6. The summed E-state index contributed by atoms with van der Waals surface area (Å²) in [4.78, 5) is 12.0. The zero-order valence-electron chi connectivity index (χ0n) is 13.8. The lowest BCUT2D eigenvalue weighted by Crippen LogP contribution is -2.38. The van der Waals surface area contributed by atoms with Crippen LogP contribution in [0.25, 0.3) is 0 Å². The minimum absolute atomic E-state index is 0.0744. The lowest BCUT2D eigenvalue weighted by atomic mass is 10.1. The molecule has 0 fully saturated rings. The molecule has 1 aromatic rings. The number of rotatable bonds is 8. The number of hydrogen-bond donors (Lipinski definition) is 2. The molecule has 0 saturated carbocycles. The van der Waals surface area contributed by atoms with Gasteiger partial charge in [-0.15, -0.1) is 0 Å². The maximum Gasteiger partial charge on any atom is 0.260 e. The molecule has 0 saturated heterocycles. The molecule has 0 spiro atoms. The molecule has 2 N–H and O–H groups in total. The molecule has 1 aromatic carbocycles. The fourth-order valence-electron chi connectivity index (χ4n) is 2.05. The van der Waals surface area contributed by atoms with Gasteiger partial charge in [0.05, 0.1) is 0 Å². The molecule has 21 heavy (non-hydrogen) atoms. The molecule has 0 aromatic heterocycles. The lowest BCUT2D eigenvalue weighted by Gasteiger charge is -2.21. The standard InChI is InChI=1S/C17H28N2O2/c1-6-18-13(4)15-9-7-8-10-16(15)21-14(5)17(20)19-11-12(2)3/h7-10,12-14,18H,6,11H2,1-5H3,(H,19,20). The Labute approximate surface area is 128 Å². The fraction of sp³-hybridized carbons (Fsp3) is 0.588. The van der Waals surface area contributed by atoms with Gasteiger partial charge in [0.25, 0.3) is 5.91 Å². The number of amides is 1. The highest BCUT2D eigenvalue weighted by Gasteiger charge is 2.17. The first-order valence-electron chi connectivity index (χ1n) is 7.72. The average molecular weight is 292 g/mol. The summed E-state index contributed by atoms with van der Waals surface area (Å²) >= 11 is 0. The molecule has 0 aliphatic rings. The molecule has 4 nitrogen and oxygen atoms in total. The van der Waals surface area contributed by atoms with Crippen LogP contribution in [0.2, 0.25) is 0 Å². The predicted octanol–water partition coefficient (Wildman–Crippen LogP) is 2.90. The number of carbonyl (C=O) groups is 1. The van der Waals surface area contributed by atoms with Crippen LogP contribution in [0.15, 0.2) is 24.3 Å². The quantitative estimate of drug-likeness (QED) is 0.774. The normalized spacial score (nSPS) is 13.8. The van der Waals surface area contributed by atoms with E-state index in [0.717, 1.165) is 17.9 Å². The van der Waals surface area contributed by atoms with Crippen molar-refractivity contribution in [1.82, 2.24) is 10.6 Å². The first kappa shape index (κ1) is 17.5. The van der Waals surface area contributed by atoms with Crippen LogP contribution in [0.5, 0.6) is 5.75 Å². The zero-order valence-corrected chi connectivity index (χ0v) is 13.8. The molecule has 0 aliphatic heterocycles. The summed E-state index contributed by atoms with van der Waals surface area (Å²) in [6.07, 6.45) is -0.501. The van der Waals surface area contributed by atoms with Gasteiger partial charge in [-0.1, -0.05) is 39.0 Å². The highest BCUT2D eigenvalue weighted by atomic mass is 16.5. The molecular weight excluding hydrogens is 264 g/mol. The maximum absolute atomic E-state index is 12.0. The molecule has 2 unspecified atom stereocenters. The highest BCUT2D eigenvalue weighted by Crippen LogP contribution is 2.25. The van der Waals surface area contributed by atoms with Crippen LogP contribution in [-0.4, -0.2) is 25.1 Å². The Kier molecular flexibility index (Phi) is 7.23. The molecule has 118 valence electrons. The summed E-state index contributed by atoms with van der Waals surface area (Å²) in [5.74, 6) is 1.12. The minimum atomic E-state index is -0.501. The molecule has 1 amide bonds. The number of nitrogens with one attached hydrogen (secondary N) is 2. The second kappa shape index (κ2) is 8.67. The number of benzene rings is 1. The Bertz CT molecular complexity index is 446. The van der Waals surface area contributed by atoms with Gasteiger partial charge >= 0.3 is 0 Å². The van der Waals surface area contributed by atoms with E-state index >= 15 is 0 Å². The zero-order chi connectivity index (χ0) is 15.8. The molecule has 4 heteroatoms. The molecule has 2 atom stereocenters. The Morgan fingerprint density at radius 2 is 1.86 bits per heavy atom. The van der Waals surface area contributed by atoms with Gasteiger partial charge in [0.15, 0.2) is 6.10 Å². The van der Waals surface area contributed by atoms with Gasteiger partial charge in [0.2, 0.25) is 0 Å². The van der Waals surface area contributed by atoms with Gasteiger partial charge in [-0.2, -0.15) is 0 Å². The summed E-state index contributed by atoms with van der Waals surface area (Å²) in [5.41, 5.74) is 1.07. The SMILES string of the molecule is CCNC(C)c1ccccc1OC(C)C(=O)NCC(C)C. The van der Waals surface area contributed by atoms with Crippen molar-refractivity contribution in [2.24, 2.45) is 5.92 Å². The van der Waals surface area contributed by atoms with E-state index in [1.807, 2.05) is 24.3 Å². The lowest BCUT2D eigenvalue weighted by molar-refractivity contribution is -0.127. The Morgan fingerprint density at radius 1 is 1.19 bits per heavy atom. The Morgan fingerprint density at radius 3 is 2.48 bits per heavy atom. The van der Waals surface area contributed by atoms with Crippen molar-refractivity contribution < 1.29 is 9.53 Å². The van der Waals surface area contributed by atoms with E-state index < -0.39 is 6.10 Å². The second-order valence-electron chi connectivity index (χ2n) is 5.72. The van der Waals surface area contributed by atoms with E-state index in [1.165, 1.54) is 0 Å². The van der Waals surface area contributed by atoms with Gasteiger partial charge in [-0.25, -0.2) is 0 Å². The maximum atomic E-state index is 12.0. The van der Waals surface area contributed by atoms with E-state index in [2.05, 4.69) is 38.3 Å². The first-order chi connectivity index (χ1) is 9.95. The van der Waals surface area contributed by atoms with Gasteiger partial charge in [-0.05, 0) is 32.4 Å². The molecule has 0 heterocycles. The van der Waals surface area contributed by atoms with Crippen molar-refractivity contribution in [3.05, 3.63) is 29.8 Å². The summed E-state index contributed by atoms with van der Waals surface area (Å²) in [5, 5.41) is 6.26. The summed E-state index contributed by atoms with van der Waals surface area (Å²) in [6, 6.07) is 8.05. The minimum Gasteiger partial charge on any atom is -0.481 e. The van der Waals surface area contributed by atoms with Crippen molar-refractivity contribution >= 4 is 5.91 Å². The second-order valence-corrected chi connectivity index (χ2v) is 5.72. The van der Waals surface area contributed by atoms with Gasteiger partial charge in [0, 0.05) is 18.2 Å². The van der Waals surface area contributed by atoms with Crippen LogP contribution in [0, 0.1) is 5.92 Å². The van der Waals surface area contributed by atoms with Crippen molar-refractivity contribution in [3.63, 3.8) is 0 Å². The Balaban J connectivity index is 2.71. The van der Waals surface area contributed by atoms with Gasteiger partial charge in [-0.3, -0.25) is 4.79 Å². The predicted molar refractivity (Wildman–Crippen MR) is 86.5 cm³/mol. The number of hydrogen-bond acceptors (Lipinski definition) is 3. The highest BCUT2D eigenvalue weighted by molar-refractivity contribution is 5.80. The van der Waals surface area contributed by atoms with Crippen LogP contribution in [0.4, 0.5) is 0 Å². The van der Waals surface area contributed by atoms with E-state index in [1.54, 1.807) is 6.92 Å². The van der Waals surface area contributed by atoms with Crippen LogP contribution in [0.3, 0.4) is 0 Å². The summed E-state index contributed by atoms with van der Waals surface area (Å²) < 4.78 is 5.85. The van der Waals surface area contributed by atoms with Crippen molar-refractivity contribution in [2.75, 3.05) is 13.1 Å². The number of carbonyl (C=O) groups excluding carboxylic acids is 1. The smallest absolute Gasteiger partial charge is 0.260 e. The third kappa shape index (κ3) is 5.76. The Hall–Kier alpha value is -1.55. The molecule has 0 radical (unpaired) electrons. The summed E-state index contributed by atoms with van der Waals surface area (Å²) in [7, 11) is 0. The fourth-order valence-corrected chi connectivity index (χ4v) is 2.05. The van der Waals surface area contributed by atoms with Gasteiger partial charge in [0.1, 0.15) is 5.75 Å². The average Bonchev–Trinajstić information content (AvgIpc) is 2.45. The largest absolute Gasteiger partial charge is 0.481 e. The molecular formula is C17H28N2O2. The van der Waals surface area contributed by atoms with Crippen LogP contribution < -0.4 is 15.4 Å². The van der Waals surface area contributed by atoms with E-state index in [4.69, 9.17) is 4.74 Å². The number of ether oxygens (including phenoxy) is 1. The van der Waals surface area contributed by atoms with Crippen molar-refractivity contribution in [1.29, 1.82) is 0 Å². The van der Waals surface area contributed by atoms with Gasteiger partial charge < -0.3 is 15.4 Å². The molecule has 1 rings (SSSR count). The van der Waals surface area contributed by atoms with Crippen LogP contribution >= 0.6 is 0 Å². The van der Waals surface area contributed by atoms with Crippen LogP contribution in [0.1, 0.15) is 46.2 Å². The van der Waals surface area contributed by atoms with Crippen molar-refractivity contribution in [3.8, 4) is 5.75 Å². The topological polar surface area (TPSA) is 50.4 Å². The van der Waals surface area contributed by atoms with Crippen molar-refractivity contribution in [2.45, 2.75) is 46.8 Å². The van der Waals surface area contributed by atoms with E-state index in [9.17, 15) is 4.79 Å². The monoisotopic (exact) mass is 292 g/mol. The van der Waals surface area contributed by atoms with E-state index in [0.29, 0.717) is 12.5 Å². The van der Waals surface area contributed by atoms with E-state index in [-0.39, 0.29) is 11.9 Å². The third-order valence-electron chi connectivity index (χ3n) is 3.25. The first-order valence-corrected chi connectivity index (χ1v) is 7.72. The molecule has 0 bridgehead atoms. The van der Waals surface area contributed by atoms with Crippen LogP contribution in [-0.2, 0) is 4.79 Å².